The van der Waals surface area contributed by atoms with Crippen LogP contribution in [0.15, 0.2) is 12.1 Å². The lowest BCUT2D eigenvalue weighted by Crippen LogP contribution is -2.58. The van der Waals surface area contributed by atoms with E-state index in [1.54, 1.807) is 14.2 Å². The van der Waals surface area contributed by atoms with E-state index in [0.29, 0.717) is 30.0 Å². The SMILES string of the molecule is COc1ccc(OC)c2c1CC1(C)C(C)CCC3(C)C(=O)CCC2C31. The van der Waals surface area contributed by atoms with Gasteiger partial charge in [0.15, 0.2) is 0 Å². The van der Waals surface area contributed by atoms with Gasteiger partial charge < -0.3 is 9.47 Å². The van der Waals surface area contributed by atoms with Gasteiger partial charge in [0.05, 0.1) is 14.2 Å². The number of hydrogen-bond acceptors (Lipinski definition) is 3. The number of ether oxygens (including phenoxy) is 2. The van der Waals surface area contributed by atoms with Gasteiger partial charge in [0.2, 0.25) is 0 Å². The molecule has 5 atom stereocenters. The Kier molecular flexibility index (Phi) is 3.72. The predicted molar refractivity (Wildman–Crippen MR) is 98.3 cm³/mol. The van der Waals surface area contributed by atoms with Crippen LogP contribution in [0.2, 0.25) is 0 Å². The van der Waals surface area contributed by atoms with Crippen molar-refractivity contribution in [2.24, 2.45) is 22.7 Å². The van der Waals surface area contributed by atoms with E-state index in [9.17, 15) is 4.79 Å². The summed E-state index contributed by atoms with van der Waals surface area (Å²) in [6.45, 7) is 7.05. The highest BCUT2D eigenvalue weighted by atomic mass is 16.5. The molecule has 3 aliphatic rings. The van der Waals surface area contributed by atoms with Gasteiger partial charge >= 0.3 is 0 Å². The highest BCUT2D eigenvalue weighted by Crippen LogP contribution is 2.67. The van der Waals surface area contributed by atoms with Crippen molar-refractivity contribution in [1.29, 1.82) is 0 Å². The number of rotatable bonds is 2. The fourth-order valence-corrected chi connectivity index (χ4v) is 6.55. The van der Waals surface area contributed by atoms with Crippen LogP contribution in [0.25, 0.3) is 0 Å². The predicted octanol–water partition coefficient (Wildman–Crippen LogP) is 4.77. The van der Waals surface area contributed by atoms with E-state index in [1.807, 2.05) is 12.1 Å². The van der Waals surface area contributed by atoms with Crippen LogP contribution < -0.4 is 9.47 Å². The van der Waals surface area contributed by atoms with Crippen molar-refractivity contribution in [3.8, 4) is 11.5 Å². The molecule has 0 aliphatic heterocycles. The maximum Gasteiger partial charge on any atom is 0.139 e. The van der Waals surface area contributed by atoms with Gasteiger partial charge in [-0.1, -0.05) is 20.8 Å². The Labute approximate surface area is 151 Å². The fraction of sp³-hybridized carbons (Fsp3) is 0.682. The number of methoxy groups -OCH3 is 2. The van der Waals surface area contributed by atoms with E-state index in [1.165, 1.54) is 11.1 Å². The van der Waals surface area contributed by atoms with Gasteiger partial charge in [-0.25, -0.2) is 0 Å². The summed E-state index contributed by atoms with van der Waals surface area (Å²) in [5.74, 6) is 3.84. The third kappa shape index (κ3) is 2.07. The first-order valence-corrected chi connectivity index (χ1v) is 9.64. The van der Waals surface area contributed by atoms with E-state index in [0.717, 1.165) is 37.2 Å². The van der Waals surface area contributed by atoms with Crippen LogP contribution in [0, 0.1) is 22.7 Å². The lowest BCUT2D eigenvalue weighted by atomic mass is 9.41. The highest BCUT2D eigenvalue weighted by molar-refractivity contribution is 5.86. The van der Waals surface area contributed by atoms with Crippen LogP contribution in [0.4, 0.5) is 0 Å². The number of carbonyl (C=O) groups excluding carboxylic acids is 1. The molecule has 0 spiro atoms. The molecule has 5 unspecified atom stereocenters. The molecule has 0 bridgehead atoms. The van der Waals surface area contributed by atoms with E-state index in [2.05, 4.69) is 20.8 Å². The van der Waals surface area contributed by atoms with Gasteiger partial charge in [-0.05, 0) is 61.0 Å². The van der Waals surface area contributed by atoms with Gasteiger partial charge in [-0.15, -0.1) is 0 Å². The summed E-state index contributed by atoms with van der Waals surface area (Å²) in [5, 5.41) is 0. The van der Waals surface area contributed by atoms with Crippen molar-refractivity contribution < 1.29 is 14.3 Å². The molecule has 136 valence electrons. The van der Waals surface area contributed by atoms with E-state index in [-0.39, 0.29) is 10.8 Å². The molecule has 0 amide bonds. The molecule has 0 radical (unpaired) electrons. The first-order chi connectivity index (χ1) is 11.9. The summed E-state index contributed by atoms with van der Waals surface area (Å²) in [6, 6.07) is 4.09. The smallest absolute Gasteiger partial charge is 0.139 e. The van der Waals surface area contributed by atoms with Gasteiger partial charge in [-0.3, -0.25) is 4.79 Å². The van der Waals surface area contributed by atoms with Crippen LogP contribution in [-0.2, 0) is 11.2 Å². The van der Waals surface area contributed by atoms with Crippen LogP contribution in [0.3, 0.4) is 0 Å². The summed E-state index contributed by atoms with van der Waals surface area (Å²) in [6.07, 6.45) is 4.79. The molecule has 3 nitrogen and oxygen atoms in total. The number of benzene rings is 1. The number of carbonyl (C=O) groups is 1. The molecule has 4 rings (SSSR count). The molecule has 3 aliphatic carbocycles. The first-order valence-electron chi connectivity index (χ1n) is 9.64. The molecule has 2 fully saturated rings. The average Bonchev–Trinajstić information content (AvgIpc) is 2.60. The Morgan fingerprint density at radius 1 is 1.08 bits per heavy atom. The van der Waals surface area contributed by atoms with Crippen LogP contribution in [0.1, 0.15) is 63.5 Å². The summed E-state index contributed by atoms with van der Waals surface area (Å²) >= 11 is 0. The normalized spacial score (nSPS) is 39.4. The number of hydrogen-bond donors (Lipinski definition) is 0. The van der Waals surface area contributed by atoms with E-state index < -0.39 is 0 Å². The standard InChI is InChI=1S/C22H30O3/c1-13-10-11-21(2)18(23)9-6-14-19-15(12-22(13,3)20(14)21)16(24-4)7-8-17(19)25-5/h7-8,13-14,20H,6,9-12H2,1-5H3. The molecular weight excluding hydrogens is 312 g/mol. The van der Waals surface area contributed by atoms with Gasteiger partial charge in [0, 0.05) is 23.0 Å². The monoisotopic (exact) mass is 342 g/mol. The Morgan fingerprint density at radius 2 is 1.76 bits per heavy atom. The third-order valence-electron chi connectivity index (χ3n) is 7.98. The second-order valence-corrected chi connectivity index (χ2v) is 8.95. The van der Waals surface area contributed by atoms with Crippen molar-refractivity contribution in [2.75, 3.05) is 14.2 Å². The minimum Gasteiger partial charge on any atom is -0.496 e. The molecule has 1 aromatic carbocycles. The summed E-state index contributed by atoms with van der Waals surface area (Å²) < 4.78 is 11.5. The van der Waals surface area contributed by atoms with Gasteiger partial charge in [0.25, 0.3) is 0 Å². The molecule has 0 saturated heterocycles. The van der Waals surface area contributed by atoms with Crippen molar-refractivity contribution in [2.45, 2.75) is 58.8 Å². The van der Waals surface area contributed by atoms with Gasteiger partial charge in [-0.2, -0.15) is 0 Å². The molecule has 1 aromatic rings. The first kappa shape index (κ1) is 16.9. The largest absolute Gasteiger partial charge is 0.496 e. The van der Waals surface area contributed by atoms with Crippen molar-refractivity contribution in [3.05, 3.63) is 23.3 Å². The molecular formula is C22H30O3. The molecule has 25 heavy (non-hydrogen) atoms. The Morgan fingerprint density at radius 3 is 2.44 bits per heavy atom. The zero-order valence-corrected chi connectivity index (χ0v) is 16.1. The summed E-state index contributed by atoms with van der Waals surface area (Å²) in [5.41, 5.74) is 2.59. The summed E-state index contributed by atoms with van der Waals surface area (Å²) in [7, 11) is 3.52. The summed E-state index contributed by atoms with van der Waals surface area (Å²) in [4.78, 5) is 13.0. The molecule has 0 aromatic heterocycles. The van der Waals surface area contributed by atoms with Crippen molar-refractivity contribution in [3.63, 3.8) is 0 Å². The zero-order chi connectivity index (χ0) is 18.0. The number of fused-ring (bicyclic) bond motifs is 2. The van der Waals surface area contributed by atoms with Crippen LogP contribution in [-0.4, -0.2) is 20.0 Å². The highest BCUT2D eigenvalue weighted by Gasteiger charge is 2.62. The van der Waals surface area contributed by atoms with E-state index >= 15 is 0 Å². The van der Waals surface area contributed by atoms with Crippen LogP contribution in [0.5, 0.6) is 11.5 Å². The lowest BCUT2D eigenvalue weighted by molar-refractivity contribution is -0.153. The second-order valence-electron chi connectivity index (χ2n) is 8.95. The second kappa shape index (κ2) is 5.49. The Hall–Kier alpha value is -1.51. The fourth-order valence-electron chi connectivity index (χ4n) is 6.55. The minimum absolute atomic E-state index is 0.139. The van der Waals surface area contributed by atoms with Crippen molar-refractivity contribution >= 4 is 5.78 Å². The quantitative estimate of drug-likeness (QED) is 0.777. The molecule has 0 N–H and O–H groups in total. The number of Topliss-reactive ketones (excluding diaryl/α,β-unsaturated/α-hetero) is 1. The average molecular weight is 342 g/mol. The topological polar surface area (TPSA) is 35.5 Å². The maximum absolute atomic E-state index is 13.0. The Balaban J connectivity index is 1.98. The molecule has 2 saturated carbocycles. The molecule has 3 heteroatoms. The number of ketones is 1. The molecule has 0 heterocycles. The van der Waals surface area contributed by atoms with Crippen molar-refractivity contribution in [1.82, 2.24) is 0 Å². The van der Waals surface area contributed by atoms with Gasteiger partial charge in [0.1, 0.15) is 17.3 Å². The Bertz CT molecular complexity index is 724. The third-order valence-corrected chi connectivity index (χ3v) is 7.98. The minimum atomic E-state index is -0.185. The zero-order valence-electron chi connectivity index (χ0n) is 16.1. The lowest BCUT2D eigenvalue weighted by Gasteiger charge is -2.62. The maximum atomic E-state index is 13.0. The van der Waals surface area contributed by atoms with E-state index in [4.69, 9.17) is 9.47 Å². The van der Waals surface area contributed by atoms with Crippen LogP contribution >= 0.6 is 0 Å².